The van der Waals surface area contributed by atoms with Gasteiger partial charge in [0.05, 0.1) is 22.8 Å². The number of hydrogen-bond donors (Lipinski definition) is 0. The van der Waals surface area contributed by atoms with Crippen molar-refractivity contribution in [2.75, 3.05) is 57.1 Å². The third kappa shape index (κ3) is 5.46. The van der Waals surface area contributed by atoms with E-state index in [4.69, 9.17) is 4.74 Å². The summed E-state index contributed by atoms with van der Waals surface area (Å²) in [5.41, 5.74) is 0.323. The SMILES string of the molecule is CS(=O)(=O)c1cccc2sc(N(CCN3CCOCC3)C(=O)C3CCCN3S(=O)(=O)c3cccs3)nc12. The van der Waals surface area contributed by atoms with Crippen molar-refractivity contribution in [3.05, 3.63) is 35.7 Å². The van der Waals surface area contributed by atoms with Gasteiger partial charge in [-0.1, -0.05) is 23.5 Å². The number of amides is 1. The summed E-state index contributed by atoms with van der Waals surface area (Å²) < 4.78 is 59.0. The Balaban J connectivity index is 1.50. The summed E-state index contributed by atoms with van der Waals surface area (Å²) >= 11 is 2.37. The van der Waals surface area contributed by atoms with Crippen molar-refractivity contribution >= 4 is 63.8 Å². The molecule has 1 atom stereocenters. The number of rotatable bonds is 8. The molecule has 2 fully saturated rings. The zero-order valence-electron chi connectivity index (χ0n) is 20.3. The Labute approximate surface area is 224 Å². The first-order valence-corrected chi connectivity index (χ1v) is 17.0. The van der Waals surface area contributed by atoms with Gasteiger partial charge in [-0.3, -0.25) is 14.6 Å². The van der Waals surface area contributed by atoms with Crippen LogP contribution in [0, 0.1) is 0 Å². The van der Waals surface area contributed by atoms with E-state index in [-0.39, 0.29) is 21.6 Å². The third-order valence-electron chi connectivity index (χ3n) is 6.56. The van der Waals surface area contributed by atoms with Gasteiger partial charge >= 0.3 is 0 Å². The molecule has 0 saturated carbocycles. The van der Waals surface area contributed by atoms with E-state index in [0.717, 1.165) is 30.7 Å². The summed E-state index contributed by atoms with van der Waals surface area (Å²) in [7, 11) is -7.34. The number of thiophene rings is 1. The van der Waals surface area contributed by atoms with Crippen molar-refractivity contribution in [2.24, 2.45) is 0 Å². The number of para-hydroxylation sites is 1. The fraction of sp³-hybridized carbons (Fsp3) is 0.478. The summed E-state index contributed by atoms with van der Waals surface area (Å²) in [5, 5.41) is 2.07. The van der Waals surface area contributed by atoms with E-state index in [2.05, 4.69) is 9.88 Å². The van der Waals surface area contributed by atoms with Crippen LogP contribution in [0.3, 0.4) is 0 Å². The average molecular weight is 585 g/mol. The van der Waals surface area contributed by atoms with Crippen LogP contribution in [-0.2, 0) is 29.4 Å². The molecule has 10 nitrogen and oxygen atoms in total. The summed E-state index contributed by atoms with van der Waals surface area (Å²) in [5.74, 6) is -0.342. The van der Waals surface area contributed by atoms with Gasteiger partial charge in [0.2, 0.25) is 5.91 Å². The molecule has 37 heavy (non-hydrogen) atoms. The Hall–Kier alpha value is -1.94. The Morgan fingerprint density at radius 1 is 1.14 bits per heavy atom. The molecular weight excluding hydrogens is 557 g/mol. The molecule has 1 unspecified atom stereocenters. The van der Waals surface area contributed by atoms with Crippen LogP contribution in [0.15, 0.2) is 44.8 Å². The topological polar surface area (TPSA) is 117 Å². The Bertz CT molecular complexity index is 1480. The summed E-state index contributed by atoms with van der Waals surface area (Å²) in [6.45, 7) is 3.84. The normalized spacial score (nSPS) is 20.0. The Morgan fingerprint density at radius 2 is 1.92 bits per heavy atom. The third-order valence-corrected chi connectivity index (χ3v) is 12.0. The predicted molar refractivity (Wildman–Crippen MR) is 144 cm³/mol. The van der Waals surface area contributed by atoms with Crippen molar-refractivity contribution in [3.8, 4) is 0 Å². The number of aromatic nitrogens is 1. The quantitative estimate of drug-likeness (QED) is 0.396. The van der Waals surface area contributed by atoms with Gasteiger partial charge < -0.3 is 4.74 Å². The van der Waals surface area contributed by atoms with Gasteiger partial charge in [-0.05, 0) is 36.4 Å². The number of anilines is 1. The van der Waals surface area contributed by atoms with Crippen LogP contribution < -0.4 is 4.90 Å². The monoisotopic (exact) mass is 584 g/mol. The number of carbonyl (C=O) groups excluding carboxylic acids is 1. The number of benzene rings is 1. The minimum atomic E-state index is -3.81. The van der Waals surface area contributed by atoms with Crippen LogP contribution in [0.2, 0.25) is 0 Å². The lowest BCUT2D eigenvalue weighted by atomic mass is 10.2. The first-order chi connectivity index (χ1) is 17.7. The van der Waals surface area contributed by atoms with Crippen molar-refractivity contribution < 1.29 is 26.4 Å². The molecule has 2 aliphatic rings. The number of sulfone groups is 1. The van der Waals surface area contributed by atoms with E-state index >= 15 is 0 Å². The van der Waals surface area contributed by atoms with Crippen molar-refractivity contribution in [2.45, 2.75) is 28.0 Å². The number of carbonyl (C=O) groups is 1. The van der Waals surface area contributed by atoms with Crippen LogP contribution in [0.25, 0.3) is 10.2 Å². The number of thiazole rings is 1. The zero-order valence-corrected chi connectivity index (χ0v) is 23.5. The van der Waals surface area contributed by atoms with Crippen LogP contribution in [0.5, 0.6) is 0 Å². The number of sulfonamides is 1. The molecule has 2 aromatic heterocycles. The number of fused-ring (bicyclic) bond motifs is 1. The average Bonchev–Trinajstić information content (AvgIpc) is 3.64. The molecule has 3 aromatic rings. The molecule has 2 aliphatic heterocycles. The largest absolute Gasteiger partial charge is 0.379 e. The van der Waals surface area contributed by atoms with E-state index in [1.165, 1.54) is 21.7 Å². The minimum Gasteiger partial charge on any atom is -0.379 e. The number of hydrogen-bond acceptors (Lipinski definition) is 10. The molecule has 14 heteroatoms. The second-order valence-electron chi connectivity index (χ2n) is 9.02. The second-order valence-corrected chi connectivity index (χ2v) is 15.1. The van der Waals surface area contributed by atoms with Crippen LogP contribution in [0.4, 0.5) is 5.13 Å². The van der Waals surface area contributed by atoms with Gasteiger partial charge in [0.1, 0.15) is 15.8 Å². The number of ether oxygens (including phenoxy) is 1. The first-order valence-electron chi connectivity index (χ1n) is 11.9. The molecule has 2 saturated heterocycles. The highest BCUT2D eigenvalue weighted by molar-refractivity contribution is 7.91. The van der Waals surface area contributed by atoms with Gasteiger partial charge in [-0.25, -0.2) is 21.8 Å². The number of nitrogens with zero attached hydrogens (tertiary/aromatic N) is 4. The van der Waals surface area contributed by atoms with Gasteiger partial charge in [0, 0.05) is 39.0 Å². The summed E-state index contributed by atoms with van der Waals surface area (Å²) in [6, 6.07) is 7.33. The molecule has 0 aliphatic carbocycles. The summed E-state index contributed by atoms with van der Waals surface area (Å²) in [4.78, 5) is 22.5. The highest BCUT2D eigenvalue weighted by Crippen LogP contribution is 2.35. The molecule has 0 N–H and O–H groups in total. The van der Waals surface area contributed by atoms with E-state index < -0.39 is 25.9 Å². The standard InChI is InChI=1S/C23H28N4O6S4/c1-36(29,30)19-7-2-6-18-21(19)24-23(35-18)26(11-10-25-12-14-33-15-13-25)22(28)17-5-3-9-27(17)37(31,32)20-8-4-16-34-20/h2,4,6-8,16-17H,3,5,9-15H2,1H3. The molecule has 1 amide bonds. The van der Waals surface area contributed by atoms with Gasteiger partial charge in [-0.2, -0.15) is 4.31 Å². The van der Waals surface area contributed by atoms with Crippen molar-refractivity contribution in [3.63, 3.8) is 0 Å². The molecule has 1 aromatic carbocycles. The van der Waals surface area contributed by atoms with Crippen LogP contribution >= 0.6 is 22.7 Å². The smallest absolute Gasteiger partial charge is 0.253 e. The Morgan fingerprint density at radius 3 is 2.62 bits per heavy atom. The first kappa shape index (κ1) is 26.7. The predicted octanol–water partition coefficient (Wildman–Crippen LogP) is 2.28. The second kappa shape index (κ2) is 10.7. The van der Waals surface area contributed by atoms with Gasteiger partial charge in [0.15, 0.2) is 15.0 Å². The Kier molecular flexibility index (Phi) is 7.69. The maximum absolute atomic E-state index is 14.0. The fourth-order valence-corrected chi connectivity index (χ4v) is 9.36. The van der Waals surface area contributed by atoms with Crippen molar-refractivity contribution in [1.29, 1.82) is 0 Å². The maximum atomic E-state index is 14.0. The molecule has 0 bridgehead atoms. The fourth-order valence-electron chi connectivity index (χ4n) is 4.67. The van der Waals surface area contributed by atoms with Gasteiger partial charge in [-0.15, -0.1) is 11.3 Å². The zero-order chi connectivity index (χ0) is 26.2. The minimum absolute atomic E-state index is 0.107. The van der Waals surface area contributed by atoms with Crippen LogP contribution in [-0.4, -0.2) is 95.2 Å². The number of morpholine rings is 1. The molecule has 0 radical (unpaired) electrons. The van der Waals surface area contributed by atoms with E-state index in [1.807, 2.05) is 0 Å². The molecule has 4 heterocycles. The van der Waals surface area contributed by atoms with E-state index in [9.17, 15) is 21.6 Å². The summed E-state index contributed by atoms with van der Waals surface area (Å²) in [6.07, 6.45) is 2.13. The lowest BCUT2D eigenvalue weighted by molar-refractivity contribution is -0.121. The highest BCUT2D eigenvalue weighted by atomic mass is 32.2. The maximum Gasteiger partial charge on any atom is 0.253 e. The highest BCUT2D eigenvalue weighted by Gasteiger charge is 2.42. The van der Waals surface area contributed by atoms with E-state index in [0.29, 0.717) is 54.5 Å². The van der Waals surface area contributed by atoms with Gasteiger partial charge in [0.25, 0.3) is 10.0 Å². The lowest BCUT2D eigenvalue weighted by Crippen LogP contribution is -2.50. The molecular formula is C23H28N4O6S4. The molecule has 0 spiro atoms. The van der Waals surface area contributed by atoms with Crippen molar-refractivity contribution in [1.82, 2.24) is 14.2 Å². The molecule has 5 rings (SSSR count). The van der Waals surface area contributed by atoms with E-state index in [1.54, 1.807) is 34.5 Å². The lowest BCUT2D eigenvalue weighted by Gasteiger charge is -2.31. The van der Waals surface area contributed by atoms with Crippen LogP contribution in [0.1, 0.15) is 12.8 Å². The molecule has 200 valence electrons.